The Balaban J connectivity index is 1.95. The first-order valence-electron chi connectivity index (χ1n) is 6.67. The van der Waals surface area contributed by atoms with Crippen molar-refractivity contribution in [1.29, 1.82) is 0 Å². The van der Waals surface area contributed by atoms with Crippen molar-refractivity contribution in [2.45, 2.75) is 12.8 Å². The van der Waals surface area contributed by atoms with Crippen molar-refractivity contribution in [2.75, 3.05) is 25.1 Å². The summed E-state index contributed by atoms with van der Waals surface area (Å²) in [5.41, 5.74) is 7.00. The zero-order valence-corrected chi connectivity index (χ0v) is 14.3. The summed E-state index contributed by atoms with van der Waals surface area (Å²) in [6.45, 7) is 1.31. The molecule has 0 aliphatic rings. The van der Waals surface area contributed by atoms with Crippen LogP contribution in [0.5, 0.6) is 0 Å². The quantitative estimate of drug-likeness (QED) is 0.714. The summed E-state index contributed by atoms with van der Waals surface area (Å²) < 4.78 is 0. The van der Waals surface area contributed by atoms with Crippen molar-refractivity contribution < 1.29 is 9.78 Å². The maximum absolute atomic E-state index is 12.0. The number of thioether (sulfide) groups is 1. The minimum atomic E-state index is -0.0592. The summed E-state index contributed by atoms with van der Waals surface area (Å²) in [5, 5.41) is 8.67. The van der Waals surface area contributed by atoms with Crippen LogP contribution in [-0.4, -0.2) is 36.0 Å². The summed E-state index contributed by atoms with van der Waals surface area (Å²) in [6, 6.07) is 0. The fourth-order valence-electron chi connectivity index (χ4n) is 1.70. The van der Waals surface area contributed by atoms with Crippen LogP contribution in [0.4, 0.5) is 0 Å². The molecule has 2 rings (SSSR count). The molecule has 0 fully saturated rings. The normalized spacial score (nSPS) is 10.8. The Hall–Kier alpha value is -0.960. The molecular formula is C13H19N4OS3+. The molecule has 0 aliphatic heterocycles. The third-order valence-electron chi connectivity index (χ3n) is 2.74. The van der Waals surface area contributed by atoms with E-state index in [-0.39, 0.29) is 5.91 Å². The zero-order chi connectivity index (χ0) is 15.1. The number of nitrogens with zero attached hydrogens (tertiary/aromatic N) is 1. The molecule has 2 heterocycles. The maximum atomic E-state index is 12.0. The standard InChI is InChI=1S/C13H18N4OS3/c1-19-6-2-5-15-12(18)9-7-21-13(17-9)10-8-20-11(16-10)3-4-14/h7-8H,2-6,14H2,1H3,(H,15,18)/p+1. The van der Waals surface area contributed by atoms with E-state index in [0.29, 0.717) is 18.8 Å². The Kier molecular flexibility index (Phi) is 6.62. The molecule has 5 nitrogen and oxygen atoms in total. The first kappa shape index (κ1) is 16.4. The summed E-state index contributed by atoms with van der Waals surface area (Å²) in [7, 11) is 0. The Morgan fingerprint density at radius 2 is 2.33 bits per heavy atom. The van der Waals surface area contributed by atoms with Gasteiger partial charge >= 0.3 is 5.91 Å². The minimum absolute atomic E-state index is 0.0592. The minimum Gasteiger partial charge on any atom is -0.347 e. The van der Waals surface area contributed by atoms with Crippen LogP contribution >= 0.6 is 34.4 Å². The molecule has 0 aliphatic carbocycles. The molecular weight excluding hydrogens is 324 g/mol. The number of thiazole rings is 2. The second-order valence-corrected chi connectivity index (χ2v) is 7.18. The van der Waals surface area contributed by atoms with Gasteiger partial charge in [0, 0.05) is 18.3 Å². The van der Waals surface area contributed by atoms with Gasteiger partial charge in [-0.05, 0) is 25.0 Å². The summed E-state index contributed by atoms with van der Waals surface area (Å²) in [4.78, 5) is 19.6. The fraction of sp³-hybridized carbons (Fsp3) is 0.462. The van der Waals surface area contributed by atoms with Gasteiger partial charge in [0.15, 0.2) is 5.69 Å². The van der Waals surface area contributed by atoms with E-state index in [1.54, 1.807) is 23.1 Å². The third kappa shape index (κ3) is 4.77. The second kappa shape index (κ2) is 8.47. The van der Waals surface area contributed by atoms with Crippen LogP contribution in [0, 0.1) is 0 Å². The Bertz CT molecular complexity index is 581. The van der Waals surface area contributed by atoms with Crippen molar-refractivity contribution in [2.24, 2.45) is 5.73 Å². The average molecular weight is 344 g/mol. The van der Waals surface area contributed by atoms with Crippen LogP contribution in [-0.2, 0) is 6.42 Å². The van der Waals surface area contributed by atoms with Crippen LogP contribution in [0.25, 0.3) is 10.7 Å². The molecule has 114 valence electrons. The predicted molar refractivity (Wildman–Crippen MR) is 90.1 cm³/mol. The molecule has 0 saturated carbocycles. The van der Waals surface area contributed by atoms with E-state index in [1.807, 2.05) is 10.8 Å². The van der Waals surface area contributed by atoms with E-state index in [4.69, 9.17) is 5.73 Å². The third-order valence-corrected chi connectivity index (χ3v) is 5.25. The molecule has 2 aromatic rings. The maximum Gasteiger partial charge on any atom is 0.316 e. The molecule has 8 heteroatoms. The first-order valence-corrected chi connectivity index (χ1v) is 9.82. The van der Waals surface area contributed by atoms with Gasteiger partial charge in [-0.15, -0.1) is 11.3 Å². The lowest BCUT2D eigenvalue weighted by molar-refractivity contribution is -0.362. The van der Waals surface area contributed by atoms with Crippen LogP contribution < -0.4 is 16.0 Å². The molecule has 0 radical (unpaired) electrons. The largest absolute Gasteiger partial charge is 0.347 e. The molecule has 0 aromatic carbocycles. The van der Waals surface area contributed by atoms with Crippen LogP contribution in [0.3, 0.4) is 0 Å². The molecule has 2 aromatic heterocycles. The number of nitrogens with one attached hydrogen (secondary N) is 2. The van der Waals surface area contributed by atoms with Gasteiger partial charge < -0.3 is 11.1 Å². The van der Waals surface area contributed by atoms with Crippen LogP contribution in [0.2, 0.25) is 0 Å². The van der Waals surface area contributed by atoms with E-state index >= 15 is 0 Å². The monoisotopic (exact) mass is 343 g/mol. The van der Waals surface area contributed by atoms with Crippen LogP contribution in [0.1, 0.15) is 21.9 Å². The van der Waals surface area contributed by atoms with Gasteiger partial charge in [-0.25, -0.2) is 4.98 Å². The van der Waals surface area contributed by atoms with E-state index in [2.05, 4.69) is 21.5 Å². The fourth-order valence-corrected chi connectivity index (χ4v) is 3.81. The number of carbonyl (C=O) groups excluding carboxylic acids is 1. The van der Waals surface area contributed by atoms with Gasteiger partial charge in [-0.3, -0.25) is 4.79 Å². The SMILES string of the molecule is CSCCCNC(=O)c1csc(-c2csc(CCN)n2)[nH+]1. The number of carbonyl (C=O) groups is 1. The van der Waals surface area contributed by atoms with Crippen molar-refractivity contribution in [3.05, 3.63) is 21.5 Å². The van der Waals surface area contributed by atoms with Gasteiger partial charge in [0.05, 0.1) is 10.4 Å². The van der Waals surface area contributed by atoms with Crippen molar-refractivity contribution in [1.82, 2.24) is 10.3 Å². The van der Waals surface area contributed by atoms with E-state index in [9.17, 15) is 4.79 Å². The topological polar surface area (TPSA) is 82.2 Å². The lowest BCUT2D eigenvalue weighted by atomic mass is 10.4. The molecule has 0 spiro atoms. The van der Waals surface area contributed by atoms with E-state index in [1.165, 1.54) is 11.3 Å². The van der Waals surface area contributed by atoms with E-state index < -0.39 is 0 Å². The van der Waals surface area contributed by atoms with E-state index in [0.717, 1.165) is 34.3 Å². The molecule has 21 heavy (non-hydrogen) atoms. The summed E-state index contributed by atoms with van der Waals surface area (Å²) in [6.07, 6.45) is 3.84. The number of hydrogen-bond donors (Lipinski definition) is 2. The lowest BCUT2D eigenvalue weighted by Gasteiger charge is -1.99. The van der Waals surface area contributed by atoms with Crippen molar-refractivity contribution in [3.8, 4) is 10.7 Å². The Labute approximate surface area is 136 Å². The van der Waals surface area contributed by atoms with Gasteiger partial charge in [0.2, 0.25) is 0 Å². The average Bonchev–Trinajstić information content (AvgIpc) is 3.12. The number of aromatic nitrogens is 2. The predicted octanol–water partition coefficient (Wildman–Crippen LogP) is 1.67. The van der Waals surface area contributed by atoms with Gasteiger partial charge in [-0.2, -0.15) is 16.7 Å². The first-order chi connectivity index (χ1) is 10.2. The number of nitrogens with two attached hydrogens (primary N) is 1. The highest BCUT2D eigenvalue weighted by molar-refractivity contribution is 7.98. The highest BCUT2D eigenvalue weighted by Gasteiger charge is 2.20. The molecule has 4 N–H and O–H groups in total. The number of rotatable bonds is 8. The van der Waals surface area contributed by atoms with Gasteiger partial charge in [0.25, 0.3) is 10.7 Å². The molecule has 0 bridgehead atoms. The van der Waals surface area contributed by atoms with Crippen LogP contribution in [0.15, 0.2) is 10.8 Å². The second-order valence-electron chi connectivity index (χ2n) is 4.37. The number of amides is 1. The summed E-state index contributed by atoms with van der Waals surface area (Å²) in [5.74, 6) is 0.998. The number of hydrogen-bond acceptors (Lipinski definition) is 6. The molecule has 0 unspecified atom stereocenters. The molecule has 1 amide bonds. The zero-order valence-electron chi connectivity index (χ0n) is 11.8. The Morgan fingerprint density at radius 3 is 3.10 bits per heavy atom. The molecule has 0 atom stereocenters. The van der Waals surface area contributed by atoms with Crippen molar-refractivity contribution >= 4 is 40.3 Å². The summed E-state index contributed by atoms with van der Waals surface area (Å²) >= 11 is 4.88. The Morgan fingerprint density at radius 1 is 1.48 bits per heavy atom. The lowest BCUT2D eigenvalue weighted by Crippen LogP contribution is -2.29. The smallest absolute Gasteiger partial charge is 0.316 e. The van der Waals surface area contributed by atoms with Crippen molar-refractivity contribution in [3.63, 3.8) is 0 Å². The highest BCUT2D eigenvalue weighted by atomic mass is 32.2. The highest BCUT2D eigenvalue weighted by Crippen LogP contribution is 2.22. The molecule has 0 saturated heterocycles. The number of H-pyrrole nitrogens is 1. The van der Waals surface area contributed by atoms with Gasteiger partial charge in [-0.1, -0.05) is 11.3 Å². The van der Waals surface area contributed by atoms with Gasteiger partial charge in [0.1, 0.15) is 0 Å². The number of aromatic amines is 1.